The van der Waals surface area contributed by atoms with Crippen molar-refractivity contribution >= 4 is 24.0 Å². The Kier molecular flexibility index (Phi) is 46.2. The largest absolute Gasteiger partial charge is 0.393 e. The van der Waals surface area contributed by atoms with E-state index >= 15 is 0 Å². The number of aliphatic hydroxyl groups is 1. The Morgan fingerprint density at radius 1 is 0.425 bits per heavy atom. The zero-order valence-corrected chi connectivity index (χ0v) is 60.5. The number of aliphatic hydroxyl groups excluding tert-OH is 1. The van der Waals surface area contributed by atoms with Gasteiger partial charge in [0.25, 0.3) is 0 Å². The van der Waals surface area contributed by atoms with Gasteiger partial charge in [-0.1, -0.05) is 6.92 Å². The van der Waals surface area contributed by atoms with Crippen LogP contribution in [0.2, 0.25) is 0 Å². The van der Waals surface area contributed by atoms with Gasteiger partial charge in [-0.3, -0.25) is 29.1 Å². The highest BCUT2D eigenvalue weighted by atomic mass is 16.3. The summed E-state index contributed by atoms with van der Waals surface area (Å²) >= 11 is 0. The average molecular weight is 1240 g/mol. The number of carbonyl (C=O) groups excluding carboxylic acids is 4. The number of amides is 3. The standard InChI is InChI=1S/C9H18N2O.C9H17NO.C9H19N.2C8H16N2O.2C8H18N2.C8H17NO.CH5N/c1-7(2)11-5-3-8(4-6-11)9(10)12;1-8(2)10-5-3-9(7-11)4-6-10;1-8(2)10-6-4-9(3)5-7-10;1-7(2)10-5-4-9(3)8(11)6-10;1-7(2)10-5-4-9(3)6-8(10)11;1-8(2)10-6-4-9(3)5-7-10;1-7(2)10-5-3-8(9)4-6-10;1-7(2)9-5-3-8(10)4-6-9;1-2/h7-8H,3-6H2,1-2H3,(H2,10,12);7-9H,3-6H2,1-2H3;8-9H,4-7H2,1-3H3;2*7H,4-6H2,1-3H3;8H,4-7H2,1-3H3;7-8H,3-6,9H2,1-2H3;7-8,10H,3-6H2,1-2H3;2H2,1H3. The highest BCUT2D eigenvalue weighted by Gasteiger charge is 2.27. The van der Waals surface area contributed by atoms with Crippen molar-refractivity contribution in [1.29, 1.82) is 0 Å². The van der Waals surface area contributed by atoms with E-state index in [0.29, 0.717) is 61.3 Å². The number of primary amides is 1. The molecule has 0 unspecified atom stereocenters. The molecule has 8 aliphatic rings. The van der Waals surface area contributed by atoms with Crippen LogP contribution < -0.4 is 17.2 Å². The van der Waals surface area contributed by atoms with Gasteiger partial charge in [-0.05, 0) is 254 Å². The molecular weight excluding hydrogens is 1090 g/mol. The van der Waals surface area contributed by atoms with E-state index in [-0.39, 0.29) is 29.7 Å². The van der Waals surface area contributed by atoms with Crippen LogP contribution in [-0.4, -0.2) is 303 Å². The van der Waals surface area contributed by atoms with Gasteiger partial charge in [0.1, 0.15) is 6.29 Å². The SMILES string of the molecule is CC(C)N1CCC(C(N)=O)CC1.CC(C)N1CCC(C=O)CC1.CC(C)N1CCC(N)CC1.CC(C)N1CCC(O)CC1.CC(C)N1CCN(C)C(=O)C1.CC(C)N1CCN(C)CC1.CC(C)N1CCN(C)CC1=O.CC1CCN(C(C)C)CC1.CN. The second kappa shape index (κ2) is 47.5. The molecule has 0 radical (unpaired) electrons. The summed E-state index contributed by atoms with van der Waals surface area (Å²) in [4.78, 5) is 69.0. The fourth-order valence-corrected chi connectivity index (χ4v) is 11.6. The summed E-state index contributed by atoms with van der Waals surface area (Å²) in [6, 6.07) is 5.39. The zero-order valence-electron chi connectivity index (χ0n) is 60.5. The third-order valence-corrected chi connectivity index (χ3v) is 18.8. The minimum Gasteiger partial charge on any atom is -0.393 e. The molecule has 87 heavy (non-hydrogen) atoms. The Hall–Kier alpha value is -2.40. The summed E-state index contributed by atoms with van der Waals surface area (Å²) in [7, 11) is 7.53. The van der Waals surface area contributed by atoms with Crippen molar-refractivity contribution in [1.82, 2.24) is 53.9 Å². The molecule has 0 aromatic heterocycles. The Bertz CT molecular complexity index is 1600. The number of hydrogen-bond acceptors (Lipinski definition) is 16. The summed E-state index contributed by atoms with van der Waals surface area (Å²) in [6.45, 7) is 58.8. The van der Waals surface area contributed by atoms with Crippen molar-refractivity contribution in [2.45, 2.75) is 242 Å². The van der Waals surface area contributed by atoms with E-state index in [1.165, 1.54) is 85.1 Å². The van der Waals surface area contributed by atoms with Crippen LogP contribution in [0.1, 0.15) is 182 Å². The number of nitrogens with zero attached hydrogens (tertiary/aromatic N) is 11. The van der Waals surface area contributed by atoms with Crippen molar-refractivity contribution < 1.29 is 24.3 Å². The number of nitrogens with two attached hydrogens (primary N) is 3. The summed E-state index contributed by atoms with van der Waals surface area (Å²) in [5.74, 6) is 1.80. The topological polar surface area (TPSA) is 202 Å². The van der Waals surface area contributed by atoms with Crippen LogP contribution in [0.4, 0.5) is 0 Å². The van der Waals surface area contributed by atoms with Crippen molar-refractivity contribution in [3.8, 4) is 0 Å². The van der Waals surface area contributed by atoms with E-state index < -0.39 is 0 Å². The van der Waals surface area contributed by atoms with E-state index in [2.05, 4.69) is 175 Å². The van der Waals surface area contributed by atoms with Gasteiger partial charge in [-0.15, -0.1) is 0 Å². The zero-order chi connectivity index (χ0) is 66.5. The van der Waals surface area contributed by atoms with E-state index in [9.17, 15) is 24.3 Å². The third kappa shape index (κ3) is 37.6. The number of carbonyl (C=O) groups is 4. The molecule has 0 aromatic carbocycles. The van der Waals surface area contributed by atoms with Crippen molar-refractivity contribution in [2.24, 2.45) is 35.0 Å². The van der Waals surface area contributed by atoms with Crippen LogP contribution in [0.15, 0.2) is 0 Å². The van der Waals surface area contributed by atoms with E-state index in [4.69, 9.17) is 11.5 Å². The van der Waals surface area contributed by atoms with Crippen molar-refractivity contribution in [2.75, 3.05) is 159 Å². The lowest BCUT2D eigenvalue weighted by Crippen LogP contribution is -2.51. The normalized spacial score (nSPS) is 22.3. The van der Waals surface area contributed by atoms with E-state index in [1.807, 2.05) is 19.0 Å². The average Bonchev–Trinajstić information content (AvgIpc) is 3.68. The maximum absolute atomic E-state index is 11.3. The van der Waals surface area contributed by atoms with E-state index in [1.54, 1.807) is 4.90 Å². The molecule has 0 aromatic rings. The molecule has 0 atom stereocenters. The lowest BCUT2D eigenvalue weighted by atomic mass is 9.95. The first-order valence-corrected chi connectivity index (χ1v) is 34.7. The Morgan fingerprint density at radius 3 is 1.10 bits per heavy atom. The number of piperazine rings is 3. The first-order valence-electron chi connectivity index (χ1n) is 34.7. The van der Waals surface area contributed by atoms with Gasteiger partial charge in [-0.25, -0.2) is 0 Å². The van der Waals surface area contributed by atoms with Gasteiger partial charge < -0.3 is 66.3 Å². The monoisotopic (exact) mass is 1240 g/mol. The van der Waals surface area contributed by atoms with Crippen LogP contribution in [0, 0.1) is 17.8 Å². The molecule has 8 fully saturated rings. The van der Waals surface area contributed by atoms with Gasteiger partial charge in [0, 0.05) is 139 Å². The molecule has 8 saturated heterocycles. The molecule has 3 amide bonds. The minimum absolute atomic E-state index is 0.0324. The fourth-order valence-electron chi connectivity index (χ4n) is 11.6. The summed E-state index contributed by atoms with van der Waals surface area (Å²) in [5.41, 5.74) is 15.5. The minimum atomic E-state index is -0.126. The summed E-state index contributed by atoms with van der Waals surface area (Å²) in [5, 5.41) is 9.18. The van der Waals surface area contributed by atoms with Crippen LogP contribution in [0.5, 0.6) is 0 Å². The molecule has 0 bridgehead atoms. The highest BCUT2D eigenvalue weighted by Crippen LogP contribution is 2.20. The van der Waals surface area contributed by atoms with Crippen LogP contribution in [0.3, 0.4) is 0 Å². The Labute approximate surface area is 536 Å². The molecule has 0 saturated carbocycles. The molecule has 8 aliphatic heterocycles. The molecular formula is C68H144N14O5. The molecule has 516 valence electrons. The maximum atomic E-state index is 11.3. The first kappa shape index (κ1) is 84.6. The Morgan fingerprint density at radius 2 is 0.759 bits per heavy atom. The first-order chi connectivity index (χ1) is 40.9. The smallest absolute Gasteiger partial charge is 0.237 e. The number of aldehydes is 1. The Balaban J connectivity index is 0.000000968. The van der Waals surface area contributed by atoms with Gasteiger partial charge >= 0.3 is 0 Å². The lowest BCUT2D eigenvalue weighted by molar-refractivity contribution is -0.137. The molecule has 19 nitrogen and oxygen atoms in total. The van der Waals surface area contributed by atoms with Gasteiger partial charge in [-0.2, -0.15) is 0 Å². The predicted octanol–water partition coefficient (Wildman–Crippen LogP) is 6.25. The molecule has 19 heteroatoms. The maximum Gasteiger partial charge on any atom is 0.237 e. The predicted molar refractivity (Wildman–Crippen MR) is 368 cm³/mol. The van der Waals surface area contributed by atoms with E-state index in [0.717, 1.165) is 128 Å². The second-order valence-electron chi connectivity index (χ2n) is 28.3. The third-order valence-electron chi connectivity index (χ3n) is 18.8. The molecule has 7 N–H and O–H groups in total. The number of likely N-dealkylation sites (N-methyl/N-ethyl adjacent to an activating group) is 3. The van der Waals surface area contributed by atoms with Gasteiger partial charge in [0.2, 0.25) is 17.7 Å². The van der Waals surface area contributed by atoms with Crippen LogP contribution in [0.25, 0.3) is 0 Å². The molecule has 0 spiro atoms. The summed E-state index contributed by atoms with van der Waals surface area (Å²) in [6.07, 6.45) is 12.1. The van der Waals surface area contributed by atoms with Crippen LogP contribution in [-0.2, 0) is 19.2 Å². The number of piperidine rings is 5. The lowest BCUT2D eigenvalue weighted by Gasteiger charge is -2.34. The highest BCUT2D eigenvalue weighted by molar-refractivity contribution is 5.79. The number of hydrogen-bond donors (Lipinski definition) is 4. The molecule has 0 aliphatic carbocycles. The summed E-state index contributed by atoms with van der Waals surface area (Å²) < 4.78 is 0. The second-order valence-corrected chi connectivity index (χ2v) is 28.3. The fraction of sp³-hybridized carbons (Fsp3) is 0.941. The number of likely N-dealkylation sites (tertiary alicyclic amines) is 5. The van der Waals surface area contributed by atoms with Crippen molar-refractivity contribution in [3.05, 3.63) is 0 Å². The molecule has 8 rings (SSSR count). The van der Waals surface area contributed by atoms with Gasteiger partial charge in [0.15, 0.2) is 0 Å². The van der Waals surface area contributed by atoms with Gasteiger partial charge in [0.05, 0.1) is 19.2 Å². The van der Waals surface area contributed by atoms with Crippen molar-refractivity contribution in [3.63, 3.8) is 0 Å². The van der Waals surface area contributed by atoms with Crippen LogP contribution >= 0.6 is 0 Å². The quantitative estimate of drug-likeness (QED) is 0.179. The number of rotatable bonds is 10. The molecule has 8 heterocycles.